The highest BCUT2D eigenvalue weighted by atomic mass is 19.1. The zero-order chi connectivity index (χ0) is 27.6. The molecule has 0 amide bonds. The molecule has 0 spiro atoms. The van der Waals surface area contributed by atoms with Crippen molar-refractivity contribution in [3.63, 3.8) is 0 Å². The largest absolute Gasteiger partial charge is 0.513 e. The maximum Gasteiger partial charge on any atom is 0.131 e. The third-order valence-corrected chi connectivity index (χ3v) is 9.08. The third-order valence-electron chi connectivity index (χ3n) is 9.08. The van der Waals surface area contributed by atoms with Crippen molar-refractivity contribution in [3.05, 3.63) is 95.5 Å². The predicted octanol–water partition coefficient (Wildman–Crippen LogP) is 9.72. The van der Waals surface area contributed by atoms with Gasteiger partial charge in [0.25, 0.3) is 0 Å². The molecule has 0 radical (unpaired) electrons. The van der Waals surface area contributed by atoms with Crippen LogP contribution in [0.25, 0.3) is 11.1 Å². The second-order valence-electron chi connectivity index (χ2n) is 12.1. The molecule has 0 aliphatic heterocycles. The minimum absolute atomic E-state index is 0.144. The highest BCUT2D eigenvalue weighted by molar-refractivity contribution is 5.71. The molecule has 0 saturated heterocycles. The first-order valence-corrected chi connectivity index (χ1v) is 14.3. The molecule has 1 N–H and O–H groups in total. The molecule has 2 atom stereocenters. The van der Waals surface area contributed by atoms with Crippen LogP contribution in [-0.2, 0) is 6.61 Å². The van der Waals surface area contributed by atoms with Gasteiger partial charge in [0.2, 0.25) is 0 Å². The van der Waals surface area contributed by atoms with Gasteiger partial charge in [-0.15, -0.1) is 0 Å². The van der Waals surface area contributed by atoms with E-state index in [1.807, 2.05) is 12.1 Å². The second kappa shape index (κ2) is 11.5. The fourth-order valence-corrected chi connectivity index (χ4v) is 6.63. The summed E-state index contributed by atoms with van der Waals surface area (Å²) in [6.45, 7) is 8.83. The minimum atomic E-state index is -0.236. The lowest BCUT2D eigenvalue weighted by atomic mass is 9.71. The number of benzene rings is 3. The van der Waals surface area contributed by atoms with Crippen molar-refractivity contribution in [3.8, 4) is 22.6 Å². The van der Waals surface area contributed by atoms with Gasteiger partial charge in [0.05, 0.1) is 12.9 Å². The fourth-order valence-electron chi connectivity index (χ4n) is 6.63. The van der Waals surface area contributed by atoms with E-state index >= 15 is 4.39 Å². The molecule has 0 heterocycles. The van der Waals surface area contributed by atoms with Gasteiger partial charge in [0.15, 0.2) is 0 Å². The summed E-state index contributed by atoms with van der Waals surface area (Å²) >= 11 is 0. The van der Waals surface area contributed by atoms with Crippen molar-refractivity contribution in [1.82, 2.24) is 0 Å². The molecule has 206 valence electrons. The van der Waals surface area contributed by atoms with Crippen molar-refractivity contribution in [1.29, 1.82) is 0 Å². The summed E-state index contributed by atoms with van der Waals surface area (Å²) in [7, 11) is 1.61. The Morgan fingerprint density at radius 2 is 1.82 bits per heavy atom. The molecular formula is C35H41FO3. The smallest absolute Gasteiger partial charge is 0.131 e. The number of methoxy groups -OCH3 is 1. The molecule has 2 aliphatic carbocycles. The van der Waals surface area contributed by atoms with Gasteiger partial charge in [-0.05, 0) is 101 Å². The van der Waals surface area contributed by atoms with Crippen molar-refractivity contribution >= 4 is 0 Å². The molecule has 39 heavy (non-hydrogen) atoms. The summed E-state index contributed by atoms with van der Waals surface area (Å²) in [5.41, 5.74) is 5.12. The Hall–Kier alpha value is -3.27. The van der Waals surface area contributed by atoms with Gasteiger partial charge < -0.3 is 14.6 Å². The van der Waals surface area contributed by atoms with Crippen LogP contribution in [0.3, 0.4) is 0 Å². The molecule has 0 unspecified atom stereocenters. The zero-order valence-corrected chi connectivity index (χ0v) is 23.5. The van der Waals surface area contributed by atoms with Gasteiger partial charge in [0.1, 0.15) is 23.9 Å². The summed E-state index contributed by atoms with van der Waals surface area (Å²) in [5.74, 6) is 2.69. The maximum absolute atomic E-state index is 15.1. The first-order chi connectivity index (χ1) is 18.7. The van der Waals surface area contributed by atoms with Crippen LogP contribution in [0, 0.1) is 17.2 Å². The molecule has 0 aromatic heterocycles. The minimum Gasteiger partial charge on any atom is -0.513 e. The molecule has 0 bridgehead atoms. The van der Waals surface area contributed by atoms with E-state index in [1.54, 1.807) is 19.2 Å². The molecule has 2 fully saturated rings. The average molecular weight is 529 g/mol. The summed E-state index contributed by atoms with van der Waals surface area (Å²) in [6.07, 6.45) is 7.67. The SMILES string of the molecule is C=C(O)C[C@H](c1cccc(OCc2ccc(-c3cc(OC)ccc3F)c([C@@H]3CCCC3(C)C)c2)c1)C1CCC1. The van der Waals surface area contributed by atoms with Gasteiger partial charge in [-0.3, -0.25) is 0 Å². The first kappa shape index (κ1) is 27.3. The van der Waals surface area contributed by atoms with E-state index in [1.165, 1.54) is 42.9 Å². The number of rotatable bonds is 10. The highest BCUT2D eigenvalue weighted by Crippen LogP contribution is 2.51. The lowest BCUT2D eigenvalue weighted by Gasteiger charge is -2.34. The topological polar surface area (TPSA) is 38.7 Å². The van der Waals surface area contributed by atoms with Crippen molar-refractivity contribution in [2.24, 2.45) is 11.3 Å². The van der Waals surface area contributed by atoms with E-state index in [-0.39, 0.29) is 22.9 Å². The van der Waals surface area contributed by atoms with Gasteiger partial charge in [0, 0.05) is 12.0 Å². The van der Waals surface area contributed by atoms with Gasteiger partial charge in [-0.1, -0.05) is 63.6 Å². The van der Waals surface area contributed by atoms with Crippen LogP contribution >= 0.6 is 0 Å². The summed E-state index contributed by atoms with van der Waals surface area (Å²) in [4.78, 5) is 0. The molecule has 3 aromatic rings. The summed E-state index contributed by atoms with van der Waals surface area (Å²) in [5, 5.41) is 9.92. The van der Waals surface area contributed by atoms with Gasteiger partial charge in [-0.25, -0.2) is 4.39 Å². The Kier molecular flexibility index (Phi) is 8.02. The van der Waals surface area contributed by atoms with Crippen LogP contribution < -0.4 is 9.47 Å². The molecule has 3 nitrogen and oxygen atoms in total. The number of allylic oxidation sites excluding steroid dienone is 1. The number of ether oxygens (including phenoxy) is 2. The second-order valence-corrected chi connectivity index (χ2v) is 12.1. The first-order valence-electron chi connectivity index (χ1n) is 14.3. The van der Waals surface area contributed by atoms with E-state index in [9.17, 15) is 5.11 Å². The zero-order valence-electron chi connectivity index (χ0n) is 23.5. The van der Waals surface area contributed by atoms with Crippen molar-refractivity contribution < 1.29 is 19.0 Å². The lowest BCUT2D eigenvalue weighted by molar-refractivity contribution is 0.240. The lowest BCUT2D eigenvalue weighted by Crippen LogP contribution is -2.21. The van der Waals surface area contributed by atoms with E-state index in [4.69, 9.17) is 9.47 Å². The van der Waals surface area contributed by atoms with Crippen LogP contribution in [0.2, 0.25) is 0 Å². The van der Waals surface area contributed by atoms with Crippen LogP contribution in [0.15, 0.2) is 73.0 Å². The summed E-state index contributed by atoms with van der Waals surface area (Å²) in [6, 6.07) is 19.6. The molecule has 3 aromatic carbocycles. The van der Waals surface area contributed by atoms with E-state index in [0.717, 1.165) is 29.7 Å². The standard InChI is InChI=1S/C35H41FO3/c1-23(37)18-30(25-8-5-9-25)26-10-6-11-28(20-26)39-22-24-13-15-29(32-21-27(38-4)14-16-34(32)36)31(19-24)33-12-7-17-35(33,2)3/h6,10-11,13-16,19-21,25,30,33,37H,1,5,7-9,12,17-18,22H2,2-4H3/t30-,33-/m0/s1. The third kappa shape index (κ3) is 6.00. The quantitative estimate of drug-likeness (QED) is 0.266. The Bertz CT molecular complexity index is 1320. The molecule has 5 rings (SSSR count). The number of hydrogen-bond donors (Lipinski definition) is 1. The predicted molar refractivity (Wildman–Crippen MR) is 156 cm³/mol. The number of halogens is 1. The van der Waals surface area contributed by atoms with Crippen LogP contribution in [-0.4, -0.2) is 12.2 Å². The number of aliphatic hydroxyl groups is 1. The molecule has 2 saturated carbocycles. The Morgan fingerprint density at radius 3 is 2.49 bits per heavy atom. The van der Waals surface area contributed by atoms with Crippen molar-refractivity contribution in [2.45, 2.75) is 77.2 Å². The monoisotopic (exact) mass is 528 g/mol. The van der Waals surface area contributed by atoms with Crippen LogP contribution in [0.4, 0.5) is 4.39 Å². The number of hydrogen-bond acceptors (Lipinski definition) is 3. The van der Waals surface area contributed by atoms with Gasteiger partial charge in [-0.2, -0.15) is 0 Å². The van der Waals surface area contributed by atoms with E-state index in [0.29, 0.717) is 36.2 Å². The Balaban J connectivity index is 1.42. The normalized spacial score (nSPS) is 19.3. The van der Waals surface area contributed by atoms with E-state index in [2.05, 4.69) is 50.8 Å². The van der Waals surface area contributed by atoms with Crippen molar-refractivity contribution in [2.75, 3.05) is 7.11 Å². The highest BCUT2D eigenvalue weighted by Gasteiger charge is 2.37. The fraction of sp³-hybridized carbons (Fsp3) is 0.429. The number of aliphatic hydroxyl groups excluding tert-OH is 1. The molecule has 2 aliphatic rings. The van der Waals surface area contributed by atoms with Crippen LogP contribution in [0.1, 0.15) is 87.3 Å². The Labute approximate surface area is 232 Å². The summed E-state index contributed by atoms with van der Waals surface area (Å²) < 4.78 is 26.8. The average Bonchev–Trinajstić information content (AvgIpc) is 3.25. The maximum atomic E-state index is 15.1. The van der Waals surface area contributed by atoms with Gasteiger partial charge >= 0.3 is 0 Å². The Morgan fingerprint density at radius 1 is 1.00 bits per heavy atom. The molecular weight excluding hydrogens is 487 g/mol. The van der Waals surface area contributed by atoms with E-state index < -0.39 is 0 Å². The molecule has 4 heteroatoms. The van der Waals surface area contributed by atoms with Crippen LogP contribution in [0.5, 0.6) is 11.5 Å².